The molecule has 0 aromatic heterocycles. The normalized spacial score (nSPS) is 15.1. The second-order valence-electron chi connectivity index (χ2n) is 8.96. The molecule has 34 heavy (non-hydrogen) atoms. The van der Waals surface area contributed by atoms with Crippen molar-refractivity contribution in [3.63, 3.8) is 0 Å². The van der Waals surface area contributed by atoms with Crippen molar-refractivity contribution in [3.8, 4) is 0 Å². The Morgan fingerprint density at radius 1 is 0.912 bits per heavy atom. The van der Waals surface area contributed by atoms with Gasteiger partial charge in [-0.1, -0.05) is 55.0 Å². The van der Waals surface area contributed by atoms with Crippen molar-refractivity contribution in [2.24, 2.45) is 0 Å². The van der Waals surface area contributed by atoms with Crippen LogP contribution in [-0.2, 0) is 32.8 Å². The van der Waals surface area contributed by atoms with Crippen LogP contribution in [0.15, 0.2) is 60.7 Å². The maximum absolute atomic E-state index is 9.55. The van der Waals surface area contributed by atoms with Gasteiger partial charge in [-0.3, -0.25) is 0 Å². The lowest BCUT2D eigenvalue weighted by Crippen LogP contribution is -2.29. The zero-order valence-electron chi connectivity index (χ0n) is 20.5. The van der Waals surface area contributed by atoms with Crippen molar-refractivity contribution in [3.05, 3.63) is 82.9 Å². The van der Waals surface area contributed by atoms with Crippen molar-refractivity contribution in [1.82, 2.24) is 4.90 Å². The van der Waals surface area contributed by atoms with E-state index in [1.165, 1.54) is 54.4 Å². The number of aryl methyl sites for hydroxylation is 2. The van der Waals surface area contributed by atoms with E-state index in [1.54, 1.807) is 0 Å². The van der Waals surface area contributed by atoms with E-state index < -0.39 is 17.5 Å². The van der Waals surface area contributed by atoms with Crippen LogP contribution in [0.4, 0.5) is 0 Å². The molecule has 6 heteroatoms. The van der Waals surface area contributed by atoms with Crippen LogP contribution in [-0.4, -0.2) is 54.3 Å². The summed E-state index contributed by atoms with van der Waals surface area (Å²) in [7, 11) is 4.23. The smallest absolute Gasteiger partial charge is 0.328 e. The lowest BCUT2D eigenvalue weighted by Gasteiger charge is -2.32. The summed E-state index contributed by atoms with van der Waals surface area (Å²) >= 11 is 0. The zero-order chi connectivity index (χ0) is 25.0. The van der Waals surface area contributed by atoms with Crippen LogP contribution < -0.4 is 0 Å². The number of carboxylic acids is 2. The maximum atomic E-state index is 9.55. The van der Waals surface area contributed by atoms with Crippen LogP contribution in [0.5, 0.6) is 0 Å². The molecule has 3 rings (SSSR count). The average molecular weight is 468 g/mol. The third-order valence-corrected chi connectivity index (χ3v) is 5.98. The van der Waals surface area contributed by atoms with Gasteiger partial charge in [-0.2, -0.15) is 0 Å². The summed E-state index contributed by atoms with van der Waals surface area (Å²) in [5, 5.41) is 15.6. The molecule has 6 nitrogen and oxygen atoms in total. The number of hydrogen-bond acceptors (Lipinski definition) is 4. The van der Waals surface area contributed by atoms with E-state index in [0.29, 0.717) is 12.2 Å². The predicted octanol–water partition coefficient (Wildman–Crippen LogP) is 4.90. The Kier molecular flexibility index (Phi) is 11.0. The Morgan fingerprint density at radius 2 is 1.53 bits per heavy atom. The molecule has 0 saturated carbocycles. The first-order valence-electron chi connectivity index (χ1n) is 11.8. The number of carboxylic acid groups (broad SMARTS) is 2. The number of carbonyl (C=O) groups is 2. The molecule has 1 unspecified atom stereocenters. The molecule has 0 saturated heterocycles. The highest BCUT2D eigenvalue weighted by Gasteiger charge is 2.30. The van der Waals surface area contributed by atoms with Crippen molar-refractivity contribution in [2.75, 3.05) is 27.2 Å². The largest absolute Gasteiger partial charge is 0.478 e. The summed E-state index contributed by atoms with van der Waals surface area (Å²) in [6, 6.07) is 17.7. The molecule has 0 spiro atoms. The second kappa shape index (κ2) is 13.7. The van der Waals surface area contributed by atoms with E-state index in [-0.39, 0.29) is 0 Å². The van der Waals surface area contributed by atoms with Gasteiger partial charge >= 0.3 is 11.9 Å². The summed E-state index contributed by atoms with van der Waals surface area (Å²) in [4.78, 5) is 21.3. The Labute approximate surface area is 202 Å². The molecule has 184 valence electrons. The molecule has 0 bridgehead atoms. The van der Waals surface area contributed by atoms with Gasteiger partial charge in [0.15, 0.2) is 0 Å². The Morgan fingerprint density at radius 3 is 2.12 bits per heavy atom. The van der Waals surface area contributed by atoms with Gasteiger partial charge in [-0.15, -0.1) is 0 Å². The van der Waals surface area contributed by atoms with Crippen LogP contribution in [0, 0.1) is 0 Å². The second-order valence-corrected chi connectivity index (χ2v) is 8.96. The maximum Gasteiger partial charge on any atom is 0.328 e. The molecular weight excluding hydrogens is 430 g/mol. The summed E-state index contributed by atoms with van der Waals surface area (Å²) < 4.78 is 6.55. The van der Waals surface area contributed by atoms with Crippen LogP contribution in [0.3, 0.4) is 0 Å². The molecule has 0 aliphatic heterocycles. The molecule has 1 aliphatic rings. The first-order valence-corrected chi connectivity index (χ1v) is 11.8. The molecule has 1 atom stereocenters. The molecule has 2 aromatic carbocycles. The lowest BCUT2D eigenvalue weighted by molar-refractivity contribution is -0.134. The van der Waals surface area contributed by atoms with Gasteiger partial charge < -0.3 is 19.8 Å². The molecule has 0 radical (unpaired) electrons. The van der Waals surface area contributed by atoms with Crippen molar-refractivity contribution in [1.29, 1.82) is 0 Å². The highest BCUT2D eigenvalue weighted by molar-refractivity contribution is 5.89. The average Bonchev–Trinajstić information content (AvgIpc) is 3.06. The number of ether oxygens (including phenoxy) is 1. The Hall–Kier alpha value is -2.96. The number of nitrogens with zero attached hydrogens (tertiary/aromatic N) is 1. The highest BCUT2D eigenvalue weighted by atomic mass is 16.5. The van der Waals surface area contributed by atoms with Gasteiger partial charge in [-0.25, -0.2) is 9.59 Å². The van der Waals surface area contributed by atoms with Gasteiger partial charge in [0, 0.05) is 18.8 Å². The predicted molar refractivity (Wildman–Crippen MR) is 134 cm³/mol. The van der Waals surface area contributed by atoms with E-state index >= 15 is 0 Å². The van der Waals surface area contributed by atoms with Gasteiger partial charge in [0.05, 0.1) is 0 Å². The number of aliphatic carboxylic acids is 2. The van der Waals surface area contributed by atoms with E-state index in [2.05, 4.69) is 74.4 Å². The van der Waals surface area contributed by atoms with Gasteiger partial charge in [0.1, 0.15) is 5.60 Å². The van der Waals surface area contributed by atoms with Crippen molar-refractivity contribution >= 4 is 11.9 Å². The van der Waals surface area contributed by atoms with E-state index in [0.717, 1.165) is 19.6 Å². The van der Waals surface area contributed by atoms with Gasteiger partial charge in [0.25, 0.3) is 0 Å². The number of hydrogen-bond donors (Lipinski definition) is 2. The summed E-state index contributed by atoms with van der Waals surface area (Å²) in [6.45, 7) is 4.05. The first-order chi connectivity index (χ1) is 16.2. The quantitative estimate of drug-likeness (QED) is 0.310. The Balaban J connectivity index is 0.000000440. The van der Waals surface area contributed by atoms with Crippen LogP contribution in [0.25, 0.3) is 0 Å². The van der Waals surface area contributed by atoms with Crippen molar-refractivity contribution in [2.45, 2.75) is 51.0 Å². The minimum absolute atomic E-state index is 0.394. The molecule has 0 fully saturated rings. The third-order valence-electron chi connectivity index (χ3n) is 5.98. The summed E-state index contributed by atoms with van der Waals surface area (Å²) in [6.07, 6.45) is 8.56. The van der Waals surface area contributed by atoms with E-state index in [9.17, 15) is 9.59 Å². The van der Waals surface area contributed by atoms with Crippen LogP contribution >= 0.6 is 0 Å². The molecule has 1 aliphatic carbocycles. The molecule has 2 N–H and O–H groups in total. The molecule has 0 amide bonds. The molecular formula is C28H37NO5. The van der Waals surface area contributed by atoms with Crippen LogP contribution in [0.2, 0.25) is 0 Å². The lowest BCUT2D eigenvalue weighted by atomic mass is 9.85. The SMILES string of the molecule is CN(C)CCCOC(C)(c1ccccc1)c1ccc2c(c1)CCCCC2.O=C(O)/C=C\C(=O)O. The summed E-state index contributed by atoms with van der Waals surface area (Å²) in [5.41, 5.74) is 5.19. The fourth-order valence-corrected chi connectivity index (χ4v) is 4.10. The molecule has 2 aromatic rings. The van der Waals surface area contributed by atoms with Crippen molar-refractivity contribution < 1.29 is 24.5 Å². The van der Waals surface area contributed by atoms with E-state index in [1.807, 2.05) is 0 Å². The minimum Gasteiger partial charge on any atom is -0.478 e. The monoisotopic (exact) mass is 467 g/mol. The number of benzene rings is 2. The highest BCUT2D eigenvalue weighted by Crippen LogP contribution is 2.35. The summed E-state index contributed by atoms with van der Waals surface area (Å²) in [5.74, 6) is -2.51. The minimum atomic E-state index is -1.26. The molecule has 0 heterocycles. The third kappa shape index (κ3) is 8.76. The van der Waals surface area contributed by atoms with Gasteiger partial charge in [0.2, 0.25) is 0 Å². The fraction of sp³-hybridized carbons (Fsp3) is 0.429. The topological polar surface area (TPSA) is 87.1 Å². The first kappa shape index (κ1) is 27.3. The fourth-order valence-electron chi connectivity index (χ4n) is 4.10. The standard InChI is InChI=1S/C24H33NO.C4H4O4/c1-24(22-13-8-5-9-14-22,26-18-10-17-25(2)3)23-16-15-20-11-6-4-7-12-21(20)19-23;5-3(6)1-2-4(7)8/h5,8-9,13-16,19H,4,6-7,10-12,17-18H2,1-3H3;1-2H,(H,5,6)(H,7,8)/b;2-1-. The number of rotatable bonds is 9. The number of fused-ring (bicyclic) bond motifs is 1. The van der Waals surface area contributed by atoms with Crippen LogP contribution in [0.1, 0.15) is 54.9 Å². The zero-order valence-corrected chi connectivity index (χ0v) is 20.5. The van der Waals surface area contributed by atoms with E-state index in [4.69, 9.17) is 14.9 Å². The van der Waals surface area contributed by atoms with Gasteiger partial charge in [-0.05, 0) is 81.9 Å². The Bertz CT molecular complexity index is 939.